The summed E-state index contributed by atoms with van der Waals surface area (Å²) in [5, 5.41) is 9.48. The molecule has 0 aromatic carbocycles. The largest absolute Gasteiger partial charge is 0.506 e. The Labute approximate surface area is 123 Å². The Kier molecular flexibility index (Phi) is 3.56. The van der Waals surface area contributed by atoms with Gasteiger partial charge in [0, 0.05) is 19.4 Å². The minimum atomic E-state index is -0.152. The predicted octanol–water partition coefficient (Wildman–Crippen LogP) is 2.41. The predicted molar refractivity (Wildman–Crippen MR) is 77.7 cm³/mol. The maximum atomic E-state index is 12.6. The molecule has 2 aromatic rings. The van der Waals surface area contributed by atoms with E-state index in [1.807, 2.05) is 18.2 Å². The highest BCUT2D eigenvalue weighted by atomic mass is 16.3. The molecule has 5 nitrogen and oxygen atoms in total. The number of hydrogen-bond donors (Lipinski definition) is 1. The molecular formula is C16H17N3O2. The normalized spacial score (nSPS) is 15.5. The minimum Gasteiger partial charge on any atom is -0.506 e. The van der Waals surface area contributed by atoms with Gasteiger partial charge in [-0.2, -0.15) is 0 Å². The molecule has 1 aliphatic rings. The van der Waals surface area contributed by atoms with Crippen molar-refractivity contribution in [1.29, 1.82) is 0 Å². The SMILES string of the molecule is CN(C(=O)c1cncc(O)c1)C(c1ccccn1)C1CC1. The van der Waals surface area contributed by atoms with Crippen molar-refractivity contribution in [2.24, 2.45) is 5.92 Å². The van der Waals surface area contributed by atoms with E-state index in [0.29, 0.717) is 11.5 Å². The van der Waals surface area contributed by atoms with Crippen molar-refractivity contribution in [1.82, 2.24) is 14.9 Å². The van der Waals surface area contributed by atoms with Crippen molar-refractivity contribution < 1.29 is 9.90 Å². The maximum Gasteiger partial charge on any atom is 0.255 e. The highest BCUT2D eigenvalue weighted by molar-refractivity contribution is 5.94. The van der Waals surface area contributed by atoms with E-state index < -0.39 is 0 Å². The molecule has 0 bridgehead atoms. The monoisotopic (exact) mass is 283 g/mol. The van der Waals surface area contributed by atoms with Crippen molar-refractivity contribution in [3.05, 3.63) is 54.1 Å². The van der Waals surface area contributed by atoms with Crippen molar-refractivity contribution in [2.75, 3.05) is 7.05 Å². The molecule has 3 rings (SSSR count). The molecule has 0 aliphatic heterocycles. The molecule has 1 saturated carbocycles. The van der Waals surface area contributed by atoms with Crippen LogP contribution in [0.4, 0.5) is 0 Å². The Morgan fingerprint density at radius 1 is 1.38 bits per heavy atom. The van der Waals surface area contributed by atoms with Gasteiger partial charge in [-0.25, -0.2) is 0 Å². The first-order chi connectivity index (χ1) is 10.2. The average Bonchev–Trinajstić information content (AvgIpc) is 3.32. The van der Waals surface area contributed by atoms with Gasteiger partial charge in [0.15, 0.2) is 0 Å². The van der Waals surface area contributed by atoms with E-state index in [2.05, 4.69) is 9.97 Å². The van der Waals surface area contributed by atoms with Crippen LogP contribution in [0.25, 0.3) is 0 Å². The number of amides is 1. The molecule has 2 aromatic heterocycles. The Morgan fingerprint density at radius 3 is 2.81 bits per heavy atom. The van der Waals surface area contributed by atoms with Crippen LogP contribution in [0.2, 0.25) is 0 Å². The summed E-state index contributed by atoms with van der Waals surface area (Å²) in [5.74, 6) is 0.301. The average molecular weight is 283 g/mol. The fraction of sp³-hybridized carbons (Fsp3) is 0.312. The molecule has 0 radical (unpaired) electrons. The zero-order valence-corrected chi connectivity index (χ0v) is 11.8. The van der Waals surface area contributed by atoms with Gasteiger partial charge in [0.25, 0.3) is 5.91 Å². The molecule has 0 spiro atoms. The van der Waals surface area contributed by atoms with E-state index in [1.165, 1.54) is 18.5 Å². The van der Waals surface area contributed by atoms with Gasteiger partial charge in [-0.05, 0) is 37.0 Å². The third-order valence-electron chi connectivity index (χ3n) is 3.77. The third-order valence-corrected chi connectivity index (χ3v) is 3.77. The molecule has 1 fully saturated rings. The standard InChI is InChI=1S/C16H17N3O2/c1-19(16(21)12-8-13(20)10-17-9-12)15(11-5-6-11)14-4-2-3-7-18-14/h2-4,7-11,15,20H,5-6H2,1H3. The summed E-state index contributed by atoms with van der Waals surface area (Å²) in [6, 6.07) is 7.17. The quantitative estimate of drug-likeness (QED) is 0.935. The van der Waals surface area contributed by atoms with E-state index in [0.717, 1.165) is 18.5 Å². The Bertz CT molecular complexity index is 641. The Morgan fingerprint density at radius 2 is 2.19 bits per heavy atom. The van der Waals surface area contributed by atoms with Gasteiger partial charge in [-0.3, -0.25) is 14.8 Å². The van der Waals surface area contributed by atoms with Gasteiger partial charge in [-0.15, -0.1) is 0 Å². The second-order valence-corrected chi connectivity index (χ2v) is 5.38. The summed E-state index contributed by atoms with van der Waals surface area (Å²) in [5.41, 5.74) is 1.29. The number of aromatic nitrogens is 2. The molecule has 108 valence electrons. The first-order valence-electron chi connectivity index (χ1n) is 6.99. The molecule has 1 atom stereocenters. The van der Waals surface area contributed by atoms with Gasteiger partial charge < -0.3 is 10.0 Å². The van der Waals surface area contributed by atoms with Crippen LogP contribution in [0.3, 0.4) is 0 Å². The molecule has 1 amide bonds. The van der Waals surface area contributed by atoms with Gasteiger partial charge in [0.1, 0.15) is 5.75 Å². The number of carbonyl (C=O) groups is 1. The Hall–Kier alpha value is -2.43. The molecular weight excluding hydrogens is 266 g/mol. The van der Waals surface area contributed by atoms with E-state index in [-0.39, 0.29) is 17.7 Å². The molecule has 5 heteroatoms. The summed E-state index contributed by atoms with van der Waals surface area (Å²) in [4.78, 5) is 22.6. The van der Waals surface area contributed by atoms with E-state index in [1.54, 1.807) is 18.1 Å². The van der Waals surface area contributed by atoms with Crippen LogP contribution in [0.5, 0.6) is 5.75 Å². The summed E-state index contributed by atoms with van der Waals surface area (Å²) >= 11 is 0. The molecule has 2 heterocycles. The number of aromatic hydroxyl groups is 1. The van der Waals surface area contributed by atoms with Crippen LogP contribution >= 0.6 is 0 Å². The topological polar surface area (TPSA) is 66.3 Å². The second-order valence-electron chi connectivity index (χ2n) is 5.38. The number of nitrogens with zero attached hydrogens (tertiary/aromatic N) is 3. The van der Waals surface area contributed by atoms with Crippen LogP contribution in [-0.4, -0.2) is 32.9 Å². The number of rotatable bonds is 4. The fourth-order valence-corrected chi connectivity index (χ4v) is 2.59. The molecule has 1 N–H and O–H groups in total. The van der Waals surface area contributed by atoms with Crippen molar-refractivity contribution in [3.8, 4) is 5.75 Å². The van der Waals surface area contributed by atoms with E-state index >= 15 is 0 Å². The number of hydrogen-bond acceptors (Lipinski definition) is 4. The lowest BCUT2D eigenvalue weighted by Crippen LogP contribution is -2.33. The molecule has 0 saturated heterocycles. The van der Waals surface area contributed by atoms with Gasteiger partial charge in [0.2, 0.25) is 0 Å². The van der Waals surface area contributed by atoms with Crippen LogP contribution in [0.1, 0.15) is 34.9 Å². The van der Waals surface area contributed by atoms with Crippen molar-refractivity contribution in [3.63, 3.8) is 0 Å². The highest BCUT2D eigenvalue weighted by Crippen LogP contribution is 2.43. The van der Waals surface area contributed by atoms with E-state index in [4.69, 9.17) is 0 Å². The van der Waals surface area contributed by atoms with Gasteiger partial charge in [0.05, 0.1) is 23.5 Å². The second kappa shape index (κ2) is 5.52. The summed E-state index contributed by atoms with van der Waals surface area (Å²) in [7, 11) is 1.78. The lowest BCUT2D eigenvalue weighted by atomic mass is 10.1. The lowest BCUT2D eigenvalue weighted by Gasteiger charge is -2.28. The van der Waals surface area contributed by atoms with Crippen molar-refractivity contribution in [2.45, 2.75) is 18.9 Å². The van der Waals surface area contributed by atoms with Gasteiger partial charge in [-0.1, -0.05) is 6.07 Å². The maximum absolute atomic E-state index is 12.6. The van der Waals surface area contributed by atoms with Crippen LogP contribution in [0.15, 0.2) is 42.9 Å². The number of pyridine rings is 2. The van der Waals surface area contributed by atoms with Gasteiger partial charge >= 0.3 is 0 Å². The first-order valence-corrected chi connectivity index (χ1v) is 6.99. The van der Waals surface area contributed by atoms with Crippen LogP contribution in [0, 0.1) is 5.92 Å². The Balaban J connectivity index is 1.88. The summed E-state index contributed by atoms with van der Waals surface area (Å²) < 4.78 is 0. The van der Waals surface area contributed by atoms with Crippen molar-refractivity contribution >= 4 is 5.91 Å². The van der Waals surface area contributed by atoms with E-state index in [9.17, 15) is 9.90 Å². The summed E-state index contributed by atoms with van der Waals surface area (Å²) in [6.07, 6.45) is 6.75. The zero-order chi connectivity index (χ0) is 14.8. The smallest absolute Gasteiger partial charge is 0.255 e. The van der Waals surface area contributed by atoms with Crippen LogP contribution in [-0.2, 0) is 0 Å². The fourth-order valence-electron chi connectivity index (χ4n) is 2.59. The lowest BCUT2D eigenvalue weighted by molar-refractivity contribution is 0.0706. The first kappa shape index (κ1) is 13.5. The molecule has 1 aliphatic carbocycles. The minimum absolute atomic E-state index is 0.00458. The zero-order valence-electron chi connectivity index (χ0n) is 11.8. The third kappa shape index (κ3) is 2.86. The number of carbonyl (C=O) groups excluding carboxylic acids is 1. The molecule has 21 heavy (non-hydrogen) atoms. The van der Waals surface area contributed by atoms with Crippen LogP contribution < -0.4 is 0 Å². The summed E-state index contributed by atoms with van der Waals surface area (Å²) in [6.45, 7) is 0. The highest BCUT2D eigenvalue weighted by Gasteiger charge is 2.38. The molecule has 1 unspecified atom stereocenters.